The van der Waals surface area contributed by atoms with Crippen LogP contribution in [0.25, 0.3) is 0 Å². The Morgan fingerprint density at radius 3 is 2.57 bits per heavy atom. The van der Waals surface area contributed by atoms with Crippen molar-refractivity contribution >= 4 is 17.5 Å². The van der Waals surface area contributed by atoms with Gasteiger partial charge >= 0.3 is 0 Å². The number of ketones is 1. The first-order valence-electron chi connectivity index (χ1n) is 9.16. The van der Waals surface area contributed by atoms with Crippen LogP contribution in [0.15, 0.2) is 53.7 Å². The summed E-state index contributed by atoms with van der Waals surface area (Å²) in [4.78, 5) is 12.7. The van der Waals surface area contributed by atoms with E-state index in [4.69, 9.17) is 0 Å². The molecule has 1 aromatic heterocycles. The molecule has 1 fully saturated rings. The summed E-state index contributed by atoms with van der Waals surface area (Å²) in [7, 11) is 0. The zero-order valence-electron chi connectivity index (χ0n) is 15.3. The van der Waals surface area contributed by atoms with Gasteiger partial charge in [0.15, 0.2) is 22.6 Å². The SMILES string of the molecule is C[C@@H](Sc1nnc(C2CC2)n1Cc1ccccc1)C(=O)c1ccc(F)c(F)c1. The molecule has 3 aromatic rings. The van der Waals surface area contributed by atoms with E-state index in [2.05, 4.69) is 14.8 Å². The molecular formula is C21H19F2N3OS. The molecule has 0 bridgehead atoms. The van der Waals surface area contributed by atoms with Crippen molar-refractivity contribution in [3.8, 4) is 0 Å². The van der Waals surface area contributed by atoms with Gasteiger partial charge in [-0.15, -0.1) is 10.2 Å². The molecule has 0 unspecified atom stereocenters. The molecule has 0 radical (unpaired) electrons. The van der Waals surface area contributed by atoms with Crippen LogP contribution in [0.4, 0.5) is 8.78 Å². The van der Waals surface area contributed by atoms with Crippen molar-refractivity contribution in [2.75, 3.05) is 0 Å². The van der Waals surface area contributed by atoms with Crippen LogP contribution in [0, 0.1) is 11.6 Å². The Kier molecular flexibility index (Phi) is 5.26. The summed E-state index contributed by atoms with van der Waals surface area (Å²) in [6.07, 6.45) is 2.20. The molecule has 1 atom stereocenters. The zero-order chi connectivity index (χ0) is 19.7. The van der Waals surface area contributed by atoms with Crippen molar-refractivity contribution in [3.05, 3.63) is 77.1 Å². The second-order valence-corrected chi connectivity index (χ2v) is 8.25. The van der Waals surface area contributed by atoms with Gasteiger partial charge in [0, 0.05) is 11.5 Å². The zero-order valence-corrected chi connectivity index (χ0v) is 16.1. The summed E-state index contributed by atoms with van der Waals surface area (Å²) in [5, 5.41) is 8.82. The first-order valence-corrected chi connectivity index (χ1v) is 10.0. The molecule has 1 saturated carbocycles. The minimum Gasteiger partial charge on any atom is -0.301 e. The van der Waals surface area contributed by atoms with E-state index in [1.165, 1.54) is 17.8 Å². The molecule has 0 saturated heterocycles. The molecule has 0 amide bonds. The van der Waals surface area contributed by atoms with Gasteiger partial charge in [-0.1, -0.05) is 42.1 Å². The number of Topliss-reactive ketones (excluding diaryl/α,β-unsaturated/α-hetero) is 1. The fourth-order valence-corrected chi connectivity index (χ4v) is 3.97. The topological polar surface area (TPSA) is 47.8 Å². The minimum absolute atomic E-state index is 0.149. The number of halogens is 2. The van der Waals surface area contributed by atoms with Gasteiger partial charge in [-0.05, 0) is 43.5 Å². The van der Waals surface area contributed by atoms with Gasteiger partial charge in [-0.3, -0.25) is 4.79 Å². The van der Waals surface area contributed by atoms with Crippen LogP contribution in [0.2, 0.25) is 0 Å². The van der Waals surface area contributed by atoms with E-state index in [0.29, 0.717) is 17.6 Å². The van der Waals surface area contributed by atoms with E-state index in [0.717, 1.165) is 36.4 Å². The summed E-state index contributed by atoms with van der Waals surface area (Å²) >= 11 is 1.29. The molecule has 1 aliphatic carbocycles. The summed E-state index contributed by atoms with van der Waals surface area (Å²) in [6.45, 7) is 2.38. The van der Waals surface area contributed by atoms with Crippen molar-refractivity contribution in [3.63, 3.8) is 0 Å². The molecule has 4 rings (SSSR count). The molecule has 4 nitrogen and oxygen atoms in total. The predicted octanol–water partition coefficient (Wildman–Crippen LogP) is 4.85. The average molecular weight is 399 g/mol. The molecule has 0 aliphatic heterocycles. The number of hydrogen-bond donors (Lipinski definition) is 0. The van der Waals surface area contributed by atoms with Gasteiger partial charge < -0.3 is 4.57 Å². The summed E-state index contributed by atoms with van der Waals surface area (Å²) in [6, 6.07) is 13.2. The predicted molar refractivity (Wildman–Crippen MR) is 104 cm³/mol. The van der Waals surface area contributed by atoms with Crippen LogP contribution in [-0.2, 0) is 6.54 Å². The lowest BCUT2D eigenvalue weighted by Gasteiger charge is -2.13. The lowest BCUT2D eigenvalue weighted by molar-refractivity contribution is 0.0993. The van der Waals surface area contributed by atoms with E-state index >= 15 is 0 Å². The number of thioether (sulfide) groups is 1. The number of hydrogen-bond acceptors (Lipinski definition) is 4. The van der Waals surface area contributed by atoms with E-state index in [-0.39, 0.29) is 11.3 Å². The third-order valence-corrected chi connectivity index (χ3v) is 5.81. The second kappa shape index (κ2) is 7.83. The van der Waals surface area contributed by atoms with Gasteiger partial charge in [0.05, 0.1) is 11.8 Å². The molecule has 0 N–H and O–H groups in total. The molecule has 2 aromatic carbocycles. The number of rotatable bonds is 7. The van der Waals surface area contributed by atoms with Crippen molar-refractivity contribution in [2.24, 2.45) is 0 Å². The normalized spacial score (nSPS) is 14.8. The third-order valence-electron chi connectivity index (χ3n) is 4.73. The number of benzene rings is 2. The van der Waals surface area contributed by atoms with Gasteiger partial charge in [0.25, 0.3) is 0 Å². The second-order valence-electron chi connectivity index (χ2n) is 6.94. The molecule has 0 spiro atoms. The van der Waals surface area contributed by atoms with Crippen LogP contribution >= 0.6 is 11.8 Å². The van der Waals surface area contributed by atoms with Crippen LogP contribution in [0.5, 0.6) is 0 Å². The maximum Gasteiger partial charge on any atom is 0.192 e. The van der Waals surface area contributed by atoms with Gasteiger partial charge in [-0.25, -0.2) is 8.78 Å². The van der Waals surface area contributed by atoms with E-state index in [1.807, 2.05) is 30.3 Å². The number of carbonyl (C=O) groups is 1. The highest BCUT2D eigenvalue weighted by atomic mass is 32.2. The van der Waals surface area contributed by atoms with E-state index in [1.54, 1.807) is 6.92 Å². The Morgan fingerprint density at radius 1 is 1.14 bits per heavy atom. The average Bonchev–Trinajstić information content (AvgIpc) is 3.47. The fraction of sp³-hybridized carbons (Fsp3) is 0.286. The minimum atomic E-state index is -1.02. The molecule has 28 heavy (non-hydrogen) atoms. The number of carbonyl (C=O) groups excluding carboxylic acids is 1. The van der Waals surface area contributed by atoms with E-state index in [9.17, 15) is 13.6 Å². The first kappa shape index (κ1) is 18.8. The molecule has 1 heterocycles. The monoisotopic (exact) mass is 399 g/mol. The quantitative estimate of drug-likeness (QED) is 0.421. The molecular weight excluding hydrogens is 380 g/mol. The maximum absolute atomic E-state index is 13.5. The number of aromatic nitrogens is 3. The lowest BCUT2D eigenvalue weighted by atomic mass is 10.1. The van der Waals surface area contributed by atoms with Crippen LogP contribution in [-0.4, -0.2) is 25.8 Å². The summed E-state index contributed by atoms with van der Waals surface area (Å²) in [5.41, 5.74) is 1.28. The standard InChI is InChI=1S/C21H19F2N3OS/c1-13(19(27)16-9-10-17(22)18(23)11-16)28-21-25-24-20(15-7-8-15)26(21)12-14-5-3-2-4-6-14/h2-6,9-11,13,15H,7-8,12H2,1H3/t13-/m1/s1. The third kappa shape index (κ3) is 3.99. The summed E-state index contributed by atoms with van der Waals surface area (Å²) in [5.74, 6) is -0.896. The lowest BCUT2D eigenvalue weighted by Crippen LogP contribution is -2.16. The number of nitrogens with zero attached hydrogens (tertiary/aromatic N) is 3. The van der Waals surface area contributed by atoms with Crippen molar-refractivity contribution < 1.29 is 13.6 Å². The highest BCUT2D eigenvalue weighted by Crippen LogP contribution is 2.40. The van der Waals surface area contributed by atoms with Crippen molar-refractivity contribution in [2.45, 2.75) is 42.6 Å². The highest BCUT2D eigenvalue weighted by Gasteiger charge is 2.31. The fourth-order valence-electron chi connectivity index (χ4n) is 3.04. The molecule has 7 heteroatoms. The Bertz CT molecular complexity index is 1000. The molecule has 1 aliphatic rings. The maximum atomic E-state index is 13.5. The largest absolute Gasteiger partial charge is 0.301 e. The van der Waals surface area contributed by atoms with E-state index < -0.39 is 16.9 Å². The highest BCUT2D eigenvalue weighted by molar-refractivity contribution is 8.00. The molecule has 144 valence electrons. The van der Waals surface area contributed by atoms with Crippen LogP contribution < -0.4 is 0 Å². The Hall–Kier alpha value is -2.54. The Balaban J connectivity index is 1.56. The van der Waals surface area contributed by atoms with Gasteiger partial charge in [0.2, 0.25) is 0 Å². The Labute approximate surface area is 166 Å². The smallest absolute Gasteiger partial charge is 0.192 e. The first-order chi connectivity index (χ1) is 13.5. The van der Waals surface area contributed by atoms with Crippen LogP contribution in [0.3, 0.4) is 0 Å². The van der Waals surface area contributed by atoms with Gasteiger partial charge in [-0.2, -0.15) is 0 Å². The van der Waals surface area contributed by atoms with Crippen molar-refractivity contribution in [1.82, 2.24) is 14.8 Å². The van der Waals surface area contributed by atoms with Crippen molar-refractivity contribution in [1.29, 1.82) is 0 Å². The summed E-state index contributed by atoms with van der Waals surface area (Å²) < 4.78 is 28.7. The van der Waals surface area contributed by atoms with Gasteiger partial charge in [0.1, 0.15) is 5.82 Å². The Morgan fingerprint density at radius 2 is 1.89 bits per heavy atom. The van der Waals surface area contributed by atoms with Crippen LogP contribution in [0.1, 0.15) is 47.4 Å².